The van der Waals surface area contributed by atoms with Crippen LogP contribution in [0.25, 0.3) is 0 Å². The van der Waals surface area contributed by atoms with Gasteiger partial charge in [-0.25, -0.2) is 0 Å². The number of rotatable bonds is 6. The van der Waals surface area contributed by atoms with Crippen LogP contribution in [-0.4, -0.2) is 22.7 Å². The fourth-order valence-corrected chi connectivity index (χ4v) is 2.60. The average molecular weight is 251 g/mol. The van der Waals surface area contributed by atoms with Crippen molar-refractivity contribution in [1.29, 1.82) is 0 Å². The minimum Gasteiger partial charge on any atom is -0.339 e. The molecule has 0 bridgehead atoms. The van der Waals surface area contributed by atoms with Crippen molar-refractivity contribution in [1.82, 2.24) is 15.5 Å². The smallest absolute Gasteiger partial charge is 0.228 e. The summed E-state index contributed by atoms with van der Waals surface area (Å²) in [4.78, 5) is 4.56. The Morgan fingerprint density at radius 2 is 2.11 bits per heavy atom. The third-order valence-corrected chi connectivity index (χ3v) is 3.68. The van der Waals surface area contributed by atoms with Gasteiger partial charge in [-0.3, -0.25) is 0 Å². The highest BCUT2D eigenvalue weighted by Crippen LogP contribution is 2.30. The van der Waals surface area contributed by atoms with Crippen LogP contribution in [0.4, 0.5) is 0 Å². The van der Waals surface area contributed by atoms with Gasteiger partial charge in [0.05, 0.1) is 0 Å². The van der Waals surface area contributed by atoms with Crippen molar-refractivity contribution in [3.63, 3.8) is 0 Å². The van der Waals surface area contributed by atoms with Gasteiger partial charge in [0.1, 0.15) is 0 Å². The SMILES string of the molecule is CCCNC(C)Cc1nc(C2CCCCC2)no1. The van der Waals surface area contributed by atoms with Crippen LogP contribution < -0.4 is 5.32 Å². The van der Waals surface area contributed by atoms with Crippen LogP contribution in [0.5, 0.6) is 0 Å². The highest BCUT2D eigenvalue weighted by Gasteiger charge is 2.21. The predicted octanol–water partition coefficient (Wildman–Crippen LogP) is 3.05. The van der Waals surface area contributed by atoms with E-state index >= 15 is 0 Å². The van der Waals surface area contributed by atoms with Gasteiger partial charge < -0.3 is 9.84 Å². The molecule has 1 unspecified atom stereocenters. The molecule has 0 aromatic carbocycles. The molecule has 0 radical (unpaired) electrons. The van der Waals surface area contributed by atoms with Crippen LogP contribution >= 0.6 is 0 Å². The van der Waals surface area contributed by atoms with Crippen LogP contribution in [0.3, 0.4) is 0 Å². The molecule has 1 heterocycles. The summed E-state index contributed by atoms with van der Waals surface area (Å²) in [5.41, 5.74) is 0. The highest BCUT2D eigenvalue weighted by molar-refractivity contribution is 4.97. The number of hydrogen-bond acceptors (Lipinski definition) is 4. The van der Waals surface area contributed by atoms with Gasteiger partial charge in [-0.2, -0.15) is 4.98 Å². The zero-order valence-corrected chi connectivity index (χ0v) is 11.6. The van der Waals surface area contributed by atoms with Gasteiger partial charge in [0.2, 0.25) is 5.89 Å². The summed E-state index contributed by atoms with van der Waals surface area (Å²) in [6, 6.07) is 0.407. The van der Waals surface area contributed by atoms with Crippen molar-refractivity contribution >= 4 is 0 Å². The van der Waals surface area contributed by atoms with Crippen LogP contribution in [-0.2, 0) is 6.42 Å². The lowest BCUT2D eigenvalue weighted by molar-refractivity contribution is 0.347. The van der Waals surface area contributed by atoms with E-state index in [1.165, 1.54) is 32.1 Å². The first-order valence-electron chi connectivity index (χ1n) is 7.35. The van der Waals surface area contributed by atoms with Crippen molar-refractivity contribution < 1.29 is 4.52 Å². The fourth-order valence-electron chi connectivity index (χ4n) is 2.60. The standard InChI is InChI=1S/C14H25N3O/c1-3-9-15-11(2)10-13-16-14(17-18-13)12-7-5-4-6-8-12/h11-12,15H,3-10H2,1-2H3. The second-order valence-corrected chi connectivity index (χ2v) is 5.44. The summed E-state index contributed by atoms with van der Waals surface area (Å²) in [5.74, 6) is 2.26. The minimum atomic E-state index is 0.407. The molecule has 1 saturated carbocycles. The molecule has 1 aromatic heterocycles. The zero-order chi connectivity index (χ0) is 12.8. The molecule has 18 heavy (non-hydrogen) atoms. The number of nitrogens with one attached hydrogen (secondary N) is 1. The Bertz CT molecular complexity index is 345. The molecule has 1 fully saturated rings. The van der Waals surface area contributed by atoms with E-state index in [0.717, 1.165) is 31.1 Å². The summed E-state index contributed by atoms with van der Waals surface area (Å²) in [6.45, 7) is 5.39. The summed E-state index contributed by atoms with van der Waals surface area (Å²) in [6.07, 6.45) is 8.41. The van der Waals surface area contributed by atoms with E-state index in [-0.39, 0.29) is 0 Å². The van der Waals surface area contributed by atoms with Gasteiger partial charge in [-0.05, 0) is 32.7 Å². The molecule has 4 heteroatoms. The second-order valence-electron chi connectivity index (χ2n) is 5.44. The molecule has 0 amide bonds. The topological polar surface area (TPSA) is 51.0 Å². The van der Waals surface area contributed by atoms with E-state index in [1.807, 2.05) is 0 Å². The Hall–Kier alpha value is -0.900. The van der Waals surface area contributed by atoms with E-state index in [9.17, 15) is 0 Å². The average Bonchev–Trinajstić information content (AvgIpc) is 2.86. The molecule has 0 aliphatic heterocycles. The lowest BCUT2D eigenvalue weighted by Crippen LogP contribution is -2.28. The van der Waals surface area contributed by atoms with E-state index in [1.54, 1.807) is 0 Å². The van der Waals surface area contributed by atoms with Gasteiger partial charge in [-0.1, -0.05) is 31.3 Å². The van der Waals surface area contributed by atoms with Crippen molar-refractivity contribution in [2.75, 3.05) is 6.54 Å². The molecule has 1 N–H and O–H groups in total. The molecule has 0 spiro atoms. The Balaban J connectivity index is 1.85. The quantitative estimate of drug-likeness (QED) is 0.844. The molecule has 1 atom stereocenters. The molecule has 4 nitrogen and oxygen atoms in total. The van der Waals surface area contributed by atoms with Crippen LogP contribution in [0, 0.1) is 0 Å². The third kappa shape index (κ3) is 3.80. The normalized spacial score (nSPS) is 19.0. The maximum Gasteiger partial charge on any atom is 0.228 e. The third-order valence-electron chi connectivity index (χ3n) is 3.68. The van der Waals surface area contributed by atoms with E-state index in [2.05, 4.69) is 29.3 Å². The molecule has 1 aliphatic carbocycles. The highest BCUT2D eigenvalue weighted by atomic mass is 16.5. The van der Waals surface area contributed by atoms with E-state index in [4.69, 9.17) is 4.52 Å². The first-order valence-corrected chi connectivity index (χ1v) is 7.35. The van der Waals surface area contributed by atoms with Crippen molar-refractivity contribution in [3.05, 3.63) is 11.7 Å². The molecule has 0 saturated heterocycles. The van der Waals surface area contributed by atoms with E-state index in [0.29, 0.717) is 12.0 Å². The number of hydrogen-bond donors (Lipinski definition) is 1. The summed E-state index contributed by atoms with van der Waals surface area (Å²) in [7, 11) is 0. The van der Waals surface area contributed by atoms with Gasteiger partial charge >= 0.3 is 0 Å². The molecule has 2 rings (SSSR count). The molecule has 102 valence electrons. The Kier molecular flexibility index (Phi) is 5.17. The van der Waals surface area contributed by atoms with Gasteiger partial charge in [0.25, 0.3) is 0 Å². The van der Waals surface area contributed by atoms with Crippen LogP contribution in [0.1, 0.15) is 70.0 Å². The summed E-state index contributed by atoms with van der Waals surface area (Å²) < 4.78 is 5.37. The van der Waals surface area contributed by atoms with Gasteiger partial charge in [-0.15, -0.1) is 0 Å². The van der Waals surface area contributed by atoms with Crippen LogP contribution in [0.15, 0.2) is 4.52 Å². The number of nitrogens with zero attached hydrogens (tertiary/aromatic N) is 2. The number of aromatic nitrogens is 2. The fraction of sp³-hybridized carbons (Fsp3) is 0.857. The van der Waals surface area contributed by atoms with Crippen molar-refractivity contribution in [2.24, 2.45) is 0 Å². The Morgan fingerprint density at radius 3 is 2.83 bits per heavy atom. The Labute approximate surface area is 110 Å². The van der Waals surface area contributed by atoms with Crippen molar-refractivity contribution in [2.45, 2.75) is 70.8 Å². The molecular formula is C14H25N3O. The van der Waals surface area contributed by atoms with Crippen molar-refractivity contribution in [3.8, 4) is 0 Å². The van der Waals surface area contributed by atoms with Gasteiger partial charge in [0.15, 0.2) is 5.82 Å². The Morgan fingerprint density at radius 1 is 1.33 bits per heavy atom. The zero-order valence-electron chi connectivity index (χ0n) is 11.6. The summed E-state index contributed by atoms with van der Waals surface area (Å²) >= 11 is 0. The maximum atomic E-state index is 5.37. The second kappa shape index (κ2) is 6.88. The maximum absolute atomic E-state index is 5.37. The monoisotopic (exact) mass is 251 g/mol. The predicted molar refractivity (Wildman–Crippen MR) is 71.6 cm³/mol. The van der Waals surface area contributed by atoms with Crippen LogP contribution in [0.2, 0.25) is 0 Å². The molecular weight excluding hydrogens is 226 g/mol. The lowest BCUT2D eigenvalue weighted by Gasteiger charge is -2.17. The first kappa shape index (κ1) is 13.5. The molecule has 1 aromatic rings. The van der Waals surface area contributed by atoms with E-state index < -0.39 is 0 Å². The lowest BCUT2D eigenvalue weighted by atomic mass is 9.89. The summed E-state index contributed by atoms with van der Waals surface area (Å²) in [5, 5.41) is 7.60. The van der Waals surface area contributed by atoms with Gasteiger partial charge in [0, 0.05) is 18.4 Å². The first-order chi connectivity index (χ1) is 8.79. The largest absolute Gasteiger partial charge is 0.339 e. The molecule has 1 aliphatic rings. The minimum absolute atomic E-state index is 0.407.